The fourth-order valence-electron chi connectivity index (χ4n) is 2.90. The lowest BCUT2D eigenvalue weighted by molar-refractivity contribution is -0.137. The molecule has 3 aromatic carbocycles. The molecule has 140 valence electrons. The monoisotopic (exact) mass is 376 g/mol. The van der Waals surface area contributed by atoms with Crippen LogP contribution in [0.15, 0.2) is 54.6 Å². The first-order valence-corrected chi connectivity index (χ1v) is 7.94. The Morgan fingerprint density at radius 2 is 1.59 bits per heavy atom. The average molecular weight is 376 g/mol. The van der Waals surface area contributed by atoms with Gasteiger partial charge in [0.05, 0.1) is 7.11 Å². The number of fused-ring (bicyclic) bond motifs is 1. The second kappa shape index (κ2) is 7.19. The number of hydrogen-bond donors (Lipinski definition) is 1. The fourth-order valence-corrected chi connectivity index (χ4v) is 2.90. The number of carbonyl (C=O) groups is 1. The highest BCUT2D eigenvalue weighted by molar-refractivity contribution is 6.07. The van der Waals surface area contributed by atoms with Gasteiger partial charge in [-0.15, -0.1) is 0 Å². The number of benzene rings is 3. The lowest BCUT2D eigenvalue weighted by Crippen LogP contribution is -2.10. The molecule has 0 radical (unpaired) electrons. The summed E-state index contributed by atoms with van der Waals surface area (Å²) in [5.41, 5.74) is -0.532. The van der Waals surface area contributed by atoms with E-state index in [2.05, 4.69) is 0 Å². The molecule has 0 aliphatic rings. The van der Waals surface area contributed by atoms with E-state index >= 15 is 0 Å². The Morgan fingerprint density at radius 3 is 2.19 bits per heavy atom. The summed E-state index contributed by atoms with van der Waals surface area (Å²) in [6.45, 7) is 0.0922. The molecule has 0 aromatic heterocycles. The molecule has 0 aliphatic heterocycles. The van der Waals surface area contributed by atoms with E-state index in [1.807, 2.05) is 6.07 Å². The van der Waals surface area contributed by atoms with Crippen LogP contribution in [-0.4, -0.2) is 18.2 Å². The van der Waals surface area contributed by atoms with Crippen molar-refractivity contribution in [3.05, 3.63) is 71.3 Å². The van der Waals surface area contributed by atoms with Crippen LogP contribution in [0.4, 0.5) is 13.2 Å². The fraction of sp³-hybridized carbons (Fsp3) is 0.150. The molecule has 0 heterocycles. The maximum Gasteiger partial charge on any atom is 0.420 e. The van der Waals surface area contributed by atoms with Gasteiger partial charge in [-0.3, -0.25) is 0 Å². The summed E-state index contributed by atoms with van der Waals surface area (Å²) in [4.78, 5) is 11.8. The first-order valence-electron chi connectivity index (χ1n) is 7.94. The molecule has 0 saturated heterocycles. The van der Waals surface area contributed by atoms with Gasteiger partial charge in [-0.1, -0.05) is 30.3 Å². The van der Waals surface area contributed by atoms with E-state index in [-0.39, 0.29) is 34.4 Å². The van der Waals surface area contributed by atoms with Gasteiger partial charge in [-0.25, -0.2) is 4.79 Å². The van der Waals surface area contributed by atoms with Gasteiger partial charge in [0.2, 0.25) is 0 Å². The van der Waals surface area contributed by atoms with Crippen molar-refractivity contribution in [2.45, 2.75) is 12.8 Å². The Labute approximate surface area is 152 Å². The molecule has 0 atom stereocenters. The van der Waals surface area contributed by atoms with E-state index in [4.69, 9.17) is 9.47 Å². The van der Waals surface area contributed by atoms with Crippen LogP contribution in [0.2, 0.25) is 0 Å². The van der Waals surface area contributed by atoms with E-state index in [0.717, 1.165) is 18.7 Å². The predicted octanol–water partition coefficient (Wildman–Crippen LogP) is 5.14. The van der Waals surface area contributed by atoms with Gasteiger partial charge in [-0.05, 0) is 35.2 Å². The van der Waals surface area contributed by atoms with Crippen molar-refractivity contribution in [2.75, 3.05) is 7.11 Å². The van der Waals surface area contributed by atoms with Crippen LogP contribution in [-0.2, 0) is 12.8 Å². The molecule has 3 rings (SSSR count). The number of ether oxygens (including phenoxy) is 2. The molecule has 0 fully saturated rings. The first-order chi connectivity index (χ1) is 12.8. The molecule has 0 bridgehead atoms. The molecule has 0 aliphatic carbocycles. The summed E-state index contributed by atoms with van der Waals surface area (Å²) in [5.74, 6) is -1.75. The van der Waals surface area contributed by atoms with Crippen LogP contribution in [0.3, 0.4) is 0 Å². The van der Waals surface area contributed by atoms with Gasteiger partial charge in [0, 0.05) is 5.39 Å². The summed E-state index contributed by atoms with van der Waals surface area (Å²) >= 11 is 0. The van der Waals surface area contributed by atoms with Gasteiger partial charge in [0.1, 0.15) is 29.2 Å². The zero-order chi connectivity index (χ0) is 19.6. The topological polar surface area (TPSA) is 55.8 Å². The normalized spacial score (nSPS) is 11.4. The maximum absolute atomic E-state index is 13.5. The second-order valence-electron chi connectivity index (χ2n) is 5.75. The quantitative estimate of drug-likeness (QED) is 0.670. The third-order valence-electron chi connectivity index (χ3n) is 4.08. The summed E-state index contributed by atoms with van der Waals surface area (Å²) < 4.78 is 50.9. The van der Waals surface area contributed by atoms with Crippen LogP contribution >= 0.6 is 0 Å². The van der Waals surface area contributed by atoms with Gasteiger partial charge in [0.25, 0.3) is 0 Å². The number of methoxy groups -OCH3 is 1. The Bertz CT molecular complexity index is 982. The number of carboxylic acid groups (broad SMARTS) is 1. The van der Waals surface area contributed by atoms with Crippen LogP contribution in [0.1, 0.15) is 21.5 Å². The lowest BCUT2D eigenvalue weighted by atomic mass is 9.98. The summed E-state index contributed by atoms with van der Waals surface area (Å²) in [7, 11) is 1.13. The number of halogens is 3. The van der Waals surface area contributed by atoms with Crippen LogP contribution in [0, 0.1) is 0 Å². The van der Waals surface area contributed by atoms with Crippen molar-refractivity contribution < 1.29 is 32.5 Å². The predicted molar refractivity (Wildman–Crippen MR) is 93.2 cm³/mol. The van der Waals surface area contributed by atoms with Crippen molar-refractivity contribution in [1.29, 1.82) is 0 Å². The minimum atomic E-state index is -4.70. The number of alkyl halides is 3. The molecular weight excluding hydrogens is 361 g/mol. The highest BCUT2D eigenvalue weighted by Crippen LogP contribution is 2.43. The number of aromatic carboxylic acids is 1. The molecule has 7 heteroatoms. The Morgan fingerprint density at radius 1 is 0.963 bits per heavy atom. The van der Waals surface area contributed by atoms with E-state index in [9.17, 15) is 23.1 Å². The third-order valence-corrected chi connectivity index (χ3v) is 4.08. The average Bonchev–Trinajstić information content (AvgIpc) is 2.64. The maximum atomic E-state index is 13.5. The highest BCUT2D eigenvalue weighted by atomic mass is 19.4. The second-order valence-corrected chi connectivity index (χ2v) is 5.75. The van der Waals surface area contributed by atoms with Gasteiger partial charge < -0.3 is 14.6 Å². The smallest absolute Gasteiger partial charge is 0.420 e. The van der Waals surface area contributed by atoms with Gasteiger partial charge in [0.15, 0.2) is 0 Å². The van der Waals surface area contributed by atoms with E-state index < -0.39 is 17.7 Å². The highest BCUT2D eigenvalue weighted by Gasteiger charge is 2.37. The number of carboxylic acids is 1. The standard InChI is InChI=1S/C20H15F3O4/c1-26-16-10-7-13-14(18(16)20(21,22)23)8-9-15(17(13)19(24)25)27-11-12-5-3-2-4-6-12/h2-10H,11H2,1H3,(H,24,25). The molecule has 4 nitrogen and oxygen atoms in total. The lowest BCUT2D eigenvalue weighted by Gasteiger charge is -2.17. The summed E-state index contributed by atoms with van der Waals surface area (Å²) in [6, 6.07) is 13.9. The molecular formula is C20H15F3O4. The Balaban J connectivity index is 2.14. The largest absolute Gasteiger partial charge is 0.496 e. The van der Waals surface area contributed by atoms with Crippen molar-refractivity contribution in [2.24, 2.45) is 0 Å². The van der Waals surface area contributed by atoms with E-state index in [0.29, 0.717) is 0 Å². The molecule has 0 amide bonds. The molecule has 27 heavy (non-hydrogen) atoms. The van der Waals surface area contributed by atoms with Crippen molar-refractivity contribution in [3.63, 3.8) is 0 Å². The zero-order valence-corrected chi connectivity index (χ0v) is 14.2. The zero-order valence-electron chi connectivity index (χ0n) is 14.2. The Kier molecular flexibility index (Phi) is 4.94. The van der Waals surface area contributed by atoms with Crippen molar-refractivity contribution >= 4 is 16.7 Å². The third kappa shape index (κ3) is 3.67. The minimum Gasteiger partial charge on any atom is -0.496 e. The molecule has 3 aromatic rings. The van der Waals surface area contributed by atoms with Crippen LogP contribution in [0.25, 0.3) is 10.8 Å². The van der Waals surface area contributed by atoms with Crippen LogP contribution < -0.4 is 9.47 Å². The summed E-state index contributed by atoms with van der Waals surface area (Å²) in [6.07, 6.45) is -4.70. The Hall–Kier alpha value is -3.22. The van der Waals surface area contributed by atoms with E-state index in [1.54, 1.807) is 24.3 Å². The molecule has 0 unspecified atom stereocenters. The molecule has 0 spiro atoms. The van der Waals surface area contributed by atoms with Crippen LogP contribution in [0.5, 0.6) is 11.5 Å². The van der Waals surface area contributed by atoms with Crippen molar-refractivity contribution in [1.82, 2.24) is 0 Å². The molecule has 1 N–H and O–H groups in total. The molecule has 0 saturated carbocycles. The SMILES string of the molecule is COc1ccc2c(C(=O)O)c(OCc3ccccc3)ccc2c1C(F)(F)F. The number of hydrogen-bond acceptors (Lipinski definition) is 3. The first kappa shape index (κ1) is 18.6. The minimum absolute atomic E-state index is 0.00264. The van der Waals surface area contributed by atoms with Gasteiger partial charge >= 0.3 is 12.1 Å². The van der Waals surface area contributed by atoms with Crippen molar-refractivity contribution in [3.8, 4) is 11.5 Å². The van der Waals surface area contributed by atoms with E-state index in [1.165, 1.54) is 18.2 Å². The number of rotatable bonds is 5. The summed E-state index contributed by atoms with van der Waals surface area (Å²) in [5, 5.41) is 9.26. The van der Waals surface area contributed by atoms with Gasteiger partial charge in [-0.2, -0.15) is 13.2 Å².